The summed E-state index contributed by atoms with van der Waals surface area (Å²) in [6.45, 7) is 0. The molecule has 0 aromatic heterocycles. The van der Waals surface area contributed by atoms with Gasteiger partial charge in [0.05, 0.1) is 7.11 Å². The van der Waals surface area contributed by atoms with Gasteiger partial charge in [0.2, 0.25) is 5.91 Å². The summed E-state index contributed by atoms with van der Waals surface area (Å²) < 4.78 is 5.12. The molecule has 1 aliphatic rings. The molecule has 6 nitrogen and oxygen atoms in total. The zero-order chi connectivity index (χ0) is 14.9. The number of para-hydroxylation sites is 1. The fourth-order valence-corrected chi connectivity index (χ4v) is 2.59. The lowest BCUT2D eigenvalue weighted by atomic mass is 9.85. The van der Waals surface area contributed by atoms with E-state index in [1.54, 1.807) is 43.5 Å². The van der Waals surface area contributed by atoms with Crippen LogP contribution in [0.4, 0.5) is 5.69 Å². The predicted octanol–water partition coefficient (Wildman–Crippen LogP) is 3.20. The highest BCUT2D eigenvalue weighted by Crippen LogP contribution is 2.44. The maximum Gasteiger partial charge on any atom is 0.245 e. The van der Waals surface area contributed by atoms with Gasteiger partial charge >= 0.3 is 0 Å². The highest BCUT2D eigenvalue weighted by molar-refractivity contribution is 6.08. The number of methoxy groups -OCH3 is 1. The van der Waals surface area contributed by atoms with Crippen LogP contribution in [-0.4, -0.2) is 13.0 Å². The number of carbonyl (C=O) groups is 1. The summed E-state index contributed by atoms with van der Waals surface area (Å²) >= 11 is 0. The lowest BCUT2D eigenvalue weighted by Crippen LogP contribution is -2.33. The Labute approximate surface area is 121 Å². The number of hydrogen-bond acceptors (Lipinski definition) is 3. The first-order chi connectivity index (χ1) is 10.2. The number of azide groups is 1. The lowest BCUT2D eigenvalue weighted by molar-refractivity contribution is -0.119. The van der Waals surface area contributed by atoms with Gasteiger partial charge in [0.25, 0.3) is 0 Å². The molecule has 1 amide bonds. The number of hydrogen-bond donors (Lipinski definition) is 1. The van der Waals surface area contributed by atoms with Gasteiger partial charge in [-0.2, -0.15) is 0 Å². The summed E-state index contributed by atoms with van der Waals surface area (Å²) in [6.07, 6.45) is 0. The minimum Gasteiger partial charge on any atom is -0.497 e. The summed E-state index contributed by atoms with van der Waals surface area (Å²) in [7, 11) is 1.57. The summed E-state index contributed by atoms with van der Waals surface area (Å²) in [4.78, 5) is 15.4. The Morgan fingerprint density at radius 2 is 1.90 bits per heavy atom. The number of nitrogens with zero attached hydrogens (tertiary/aromatic N) is 3. The van der Waals surface area contributed by atoms with Gasteiger partial charge < -0.3 is 10.1 Å². The first-order valence-electron chi connectivity index (χ1n) is 6.34. The SMILES string of the molecule is COc1ccc(C2(N=[N+]=[N-])C(=O)Nc3ccccc32)cc1. The second-order valence-electron chi connectivity index (χ2n) is 4.63. The van der Waals surface area contributed by atoms with Crippen molar-refractivity contribution < 1.29 is 9.53 Å². The van der Waals surface area contributed by atoms with Crippen molar-refractivity contribution in [2.75, 3.05) is 12.4 Å². The molecule has 3 rings (SSSR count). The van der Waals surface area contributed by atoms with Crippen LogP contribution in [0.5, 0.6) is 5.75 Å². The van der Waals surface area contributed by atoms with Crippen LogP contribution in [0.2, 0.25) is 0 Å². The molecule has 0 radical (unpaired) electrons. The van der Waals surface area contributed by atoms with Crippen LogP contribution in [0, 0.1) is 0 Å². The molecule has 0 spiro atoms. The smallest absolute Gasteiger partial charge is 0.245 e. The number of benzene rings is 2. The molecule has 1 N–H and O–H groups in total. The minimum absolute atomic E-state index is 0.355. The van der Waals surface area contributed by atoms with Crippen LogP contribution in [-0.2, 0) is 10.3 Å². The van der Waals surface area contributed by atoms with E-state index in [2.05, 4.69) is 15.3 Å². The zero-order valence-corrected chi connectivity index (χ0v) is 11.3. The number of amides is 1. The Morgan fingerprint density at radius 1 is 1.19 bits per heavy atom. The molecule has 0 bridgehead atoms. The van der Waals surface area contributed by atoms with Crippen molar-refractivity contribution in [3.8, 4) is 5.75 Å². The molecule has 2 aromatic rings. The van der Waals surface area contributed by atoms with Gasteiger partial charge in [0.1, 0.15) is 5.75 Å². The van der Waals surface area contributed by atoms with Gasteiger partial charge in [-0.05, 0) is 29.3 Å². The van der Waals surface area contributed by atoms with Gasteiger partial charge in [0, 0.05) is 16.2 Å². The summed E-state index contributed by atoms with van der Waals surface area (Å²) in [6, 6.07) is 14.1. The number of carbonyl (C=O) groups excluding carboxylic acids is 1. The topological polar surface area (TPSA) is 87.1 Å². The molecule has 0 aliphatic carbocycles. The molecule has 2 aromatic carbocycles. The lowest BCUT2D eigenvalue weighted by Gasteiger charge is -2.22. The van der Waals surface area contributed by atoms with Crippen molar-refractivity contribution in [1.82, 2.24) is 0 Å². The molecule has 1 aliphatic heterocycles. The molecule has 1 unspecified atom stereocenters. The van der Waals surface area contributed by atoms with Crippen LogP contribution >= 0.6 is 0 Å². The van der Waals surface area contributed by atoms with Crippen molar-refractivity contribution in [3.63, 3.8) is 0 Å². The van der Waals surface area contributed by atoms with Gasteiger partial charge in [-0.25, -0.2) is 0 Å². The van der Waals surface area contributed by atoms with Crippen LogP contribution in [0.3, 0.4) is 0 Å². The van der Waals surface area contributed by atoms with E-state index in [1.807, 2.05) is 12.1 Å². The van der Waals surface area contributed by atoms with Crippen LogP contribution in [0.25, 0.3) is 10.4 Å². The molecule has 1 atom stereocenters. The Balaban J connectivity index is 2.25. The second-order valence-corrected chi connectivity index (χ2v) is 4.63. The molecular weight excluding hydrogens is 268 g/mol. The molecule has 21 heavy (non-hydrogen) atoms. The third kappa shape index (κ3) is 1.81. The molecule has 1 heterocycles. The van der Waals surface area contributed by atoms with Crippen molar-refractivity contribution in [3.05, 3.63) is 70.1 Å². The van der Waals surface area contributed by atoms with Gasteiger partial charge in [-0.3, -0.25) is 4.79 Å². The third-order valence-electron chi connectivity index (χ3n) is 3.60. The normalized spacial score (nSPS) is 19.4. The summed E-state index contributed by atoms with van der Waals surface area (Å²) in [5.74, 6) is 0.313. The van der Waals surface area contributed by atoms with E-state index in [0.29, 0.717) is 22.6 Å². The average Bonchev–Trinajstić information content (AvgIpc) is 2.81. The predicted molar refractivity (Wildman–Crippen MR) is 78.0 cm³/mol. The average molecular weight is 280 g/mol. The quantitative estimate of drug-likeness (QED) is 0.531. The van der Waals surface area contributed by atoms with E-state index in [9.17, 15) is 4.79 Å². The van der Waals surface area contributed by atoms with Crippen molar-refractivity contribution in [2.45, 2.75) is 5.54 Å². The Bertz CT molecular complexity index is 751. The summed E-state index contributed by atoms with van der Waals surface area (Å²) in [5.41, 5.74) is 9.48. The maximum atomic E-state index is 12.5. The fourth-order valence-electron chi connectivity index (χ4n) is 2.59. The van der Waals surface area contributed by atoms with E-state index in [1.165, 1.54) is 0 Å². The first kappa shape index (κ1) is 13.0. The van der Waals surface area contributed by atoms with Crippen molar-refractivity contribution in [1.29, 1.82) is 0 Å². The number of ether oxygens (including phenoxy) is 1. The second kappa shape index (κ2) is 4.85. The largest absolute Gasteiger partial charge is 0.497 e. The van der Waals surface area contributed by atoms with E-state index in [-0.39, 0.29) is 5.91 Å². The molecular formula is C15H12N4O2. The Morgan fingerprint density at radius 3 is 2.57 bits per heavy atom. The van der Waals surface area contributed by atoms with E-state index in [0.717, 1.165) is 0 Å². The van der Waals surface area contributed by atoms with Crippen LogP contribution in [0.1, 0.15) is 11.1 Å². The third-order valence-corrected chi connectivity index (χ3v) is 3.60. The van der Waals surface area contributed by atoms with Crippen LogP contribution in [0.15, 0.2) is 53.6 Å². The van der Waals surface area contributed by atoms with E-state index < -0.39 is 5.54 Å². The number of fused-ring (bicyclic) bond motifs is 1. The molecule has 6 heteroatoms. The van der Waals surface area contributed by atoms with Crippen molar-refractivity contribution in [2.24, 2.45) is 5.11 Å². The zero-order valence-electron chi connectivity index (χ0n) is 11.3. The first-order valence-corrected chi connectivity index (χ1v) is 6.34. The van der Waals surface area contributed by atoms with Crippen molar-refractivity contribution >= 4 is 11.6 Å². The van der Waals surface area contributed by atoms with Crippen LogP contribution < -0.4 is 10.1 Å². The fraction of sp³-hybridized carbons (Fsp3) is 0.133. The monoisotopic (exact) mass is 280 g/mol. The summed E-state index contributed by atoms with van der Waals surface area (Å²) in [5, 5.41) is 6.60. The number of rotatable bonds is 3. The van der Waals surface area contributed by atoms with E-state index in [4.69, 9.17) is 10.3 Å². The molecule has 0 saturated heterocycles. The van der Waals surface area contributed by atoms with E-state index >= 15 is 0 Å². The highest BCUT2D eigenvalue weighted by atomic mass is 16.5. The molecule has 0 saturated carbocycles. The van der Waals surface area contributed by atoms with Gasteiger partial charge in [-0.1, -0.05) is 35.4 Å². The minimum atomic E-state index is -1.38. The van der Waals surface area contributed by atoms with Gasteiger partial charge in [-0.15, -0.1) is 0 Å². The highest BCUT2D eigenvalue weighted by Gasteiger charge is 2.47. The number of nitrogens with one attached hydrogen (secondary N) is 1. The molecule has 0 fully saturated rings. The maximum absolute atomic E-state index is 12.5. The molecule has 104 valence electrons. The Hall–Kier alpha value is -2.98. The standard InChI is InChI=1S/C15H12N4O2/c1-21-11-8-6-10(7-9-11)15(18-19-16)12-4-2-3-5-13(12)17-14(15)20/h2-9H,1H3,(H,17,20). The Kier molecular flexibility index (Phi) is 3.01. The number of anilines is 1. The van der Waals surface area contributed by atoms with Gasteiger partial charge in [0.15, 0.2) is 5.54 Å².